The van der Waals surface area contributed by atoms with Crippen molar-refractivity contribution in [2.75, 3.05) is 21.3 Å². The van der Waals surface area contributed by atoms with Crippen LogP contribution in [0.15, 0.2) is 54.6 Å². The normalized spacial score (nSPS) is 12.7. The number of aldehydes is 1. The van der Waals surface area contributed by atoms with E-state index in [2.05, 4.69) is 0 Å². The maximum atomic E-state index is 12.6. The number of aryl methyl sites for hydroxylation is 1. The predicted molar refractivity (Wildman–Crippen MR) is 126 cm³/mol. The Balaban J connectivity index is 2.22. The fourth-order valence-electron chi connectivity index (χ4n) is 4.17. The summed E-state index contributed by atoms with van der Waals surface area (Å²) in [4.78, 5) is 12.6. The Morgan fingerprint density at radius 2 is 1.18 bits per heavy atom. The highest BCUT2D eigenvalue weighted by molar-refractivity contribution is 5.68. The SMILES string of the molecule is COc1cc(C(c2ccc(CO)c(OC)c2)C(C=O)c2ccc(CO)c(OC)c2)ccc1C. The van der Waals surface area contributed by atoms with E-state index in [-0.39, 0.29) is 19.1 Å². The number of benzene rings is 3. The first kappa shape index (κ1) is 24.3. The van der Waals surface area contributed by atoms with Gasteiger partial charge in [-0.05, 0) is 47.4 Å². The number of methoxy groups -OCH3 is 3. The molecule has 33 heavy (non-hydrogen) atoms. The van der Waals surface area contributed by atoms with Crippen molar-refractivity contribution in [3.05, 3.63) is 88.0 Å². The minimum absolute atomic E-state index is 0.149. The topological polar surface area (TPSA) is 85.2 Å². The zero-order valence-electron chi connectivity index (χ0n) is 19.4. The van der Waals surface area contributed by atoms with Gasteiger partial charge in [0.05, 0.1) is 40.5 Å². The molecule has 3 aromatic rings. The second kappa shape index (κ2) is 11.0. The number of hydrogen-bond donors (Lipinski definition) is 2. The highest BCUT2D eigenvalue weighted by Gasteiger charge is 2.28. The van der Waals surface area contributed by atoms with E-state index in [0.717, 1.165) is 34.3 Å². The van der Waals surface area contributed by atoms with Crippen LogP contribution in [0.2, 0.25) is 0 Å². The van der Waals surface area contributed by atoms with Crippen molar-refractivity contribution in [2.45, 2.75) is 32.0 Å². The lowest BCUT2D eigenvalue weighted by Gasteiger charge is -2.26. The van der Waals surface area contributed by atoms with Gasteiger partial charge in [-0.2, -0.15) is 0 Å². The summed E-state index contributed by atoms with van der Waals surface area (Å²) in [6, 6.07) is 16.9. The van der Waals surface area contributed by atoms with E-state index < -0.39 is 5.92 Å². The van der Waals surface area contributed by atoms with Crippen molar-refractivity contribution >= 4 is 6.29 Å². The number of ether oxygens (including phenoxy) is 3. The molecule has 0 radical (unpaired) electrons. The van der Waals surface area contributed by atoms with E-state index in [1.165, 1.54) is 7.11 Å². The van der Waals surface area contributed by atoms with E-state index in [0.29, 0.717) is 22.6 Å². The predicted octanol–water partition coefficient (Wildman–Crippen LogP) is 4.12. The summed E-state index contributed by atoms with van der Waals surface area (Å²) < 4.78 is 16.5. The molecule has 0 saturated heterocycles. The van der Waals surface area contributed by atoms with Gasteiger partial charge >= 0.3 is 0 Å². The molecular weight excluding hydrogens is 420 g/mol. The third-order valence-corrected chi connectivity index (χ3v) is 6.00. The van der Waals surface area contributed by atoms with E-state index >= 15 is 0 Å². The Morgan fingerprint density at radius 1 is 0.727 bits per heavy atom. The van der Waals surface area contributed by atoms with E-state index in [9.17, 15) is 15.0 Å². The van der Waals surface area contributed by atoms with Gasteiger partial charge < -0.3 is 29.2 Å². The molecule has 0 spiro atoms. The largest absolute Gasteiger partial charge is 0.496 e. The van der Waals surface area contributed by atoms with Crippen molar-refractivity contribution in [3.63, 3.8) is 0 Å². The first-order valence-corrected chi connectivity index (χ1v) is 10.7. The maximum absolute atomic E-state index is 12.6. The van der Waals surface area contributed by atoms with Crippen LogP contribution in [0.4, 0.5) is 0 Å². The Bertz CT molecular complexity index is 1110. The van der Waals surface area contributed by atoms with Crippen LogP contribution in [0.1, 0.15) is 45.2 Å². The molecule has 0 aliphatic rings. The molecule has 0 saturated carbocycles. The van der Waals surface area contributed by atoms with Gasteiger partial charge in [-0.25, -0.2) is 0 Å². The van der Waals surface area contributed by atoms with Crippen molar-refractivity contribution in [2.24, 2.45) is 0 Å². The number of hydrogen-bond acceptors (Lipinski definition) is 6. The average molecular weight is 451 g/mol. The number of carbonyl (C=O) groups excluding carboxylic acids is 1. The van der Waals surface area contributed by atoms with Gasteiger partial charge in [-0.1, -0.05) is 36.4 Å². The van der Waals surface area contributed by atoms with Gasteiger partial charge in [0.15, 0.2) is 0 Å². The Kier molecular flexibility index (Phi) is 8.09. The molecule has 6 nitrogen and oxygen atoms in total. The smallest absolute Gasteiger partial charge is 0.128 e. The fraction of sp³-hybridized carbons (Fsp3) is 0.296. The molecule has 0 fully saturated rings. The lowest BCUT2D eigenvalue weighted by molar-refractivity contribution is -0.109. The summed E-state index contributed by atoms with van der Waals surface area (Å²) in [5.41, 5.74) is 4.82. The van der Waals surface area contributed by atoms with Crippen LogP contribution >= 0.6 is 0 Å². The minimum atomic E-state index is -0.552. The fourth-order valence-corrected chi connectivity index (χ4v) is 4.17. The molecule has 0 amide bonds. The Hall–Kier alpha value is -3.35. The monoisotopic (exact) mass is 450 g/mol. The second-order valence-corrected chi connectivity index (χ2v) is 7.83. The van der Waals surface area contributed by atoms with Crippen LogP contribution in [-0.4, -0.2) is 37.8 Å². The third-order valence-electron chi connectivity index (χ3n) is 6.00. The van der Waals surface area contributed by atoms with Crippen molar-refractivity contribution < 1.29 is 29.2 Å². The molecule has 0 bridgehead atoms. The molecule has 0 heterocycles. The van der Waals surface area contributed by atoms with Gasteiger partial charge in [-0.15, -0.1) is 0 Å². The van der Waals surface area contributed by atoms with Gasteiger partial charge in [0, 0.05) is 17.0 Å². The molecule has 2 unspecified atom stereocenters. The molecular formula is C27H30O6. The van der Waals surface area contributed by atoms with Gasteiger partial charge in [0.25, 0.3) is 0 Å². The first-order chi connectivity index (χ1) is 16.0. The number of aliphatic hydroxyl groups is 2. The van der Waals surface area contributed by atoms with Crippen LogP contribution in [0.25, 0.3) is 0 Å². The minimum Gasteiger partial charge on any atom is -0.496 e. The molecule has 6 heteroatoms. The number of rotatable bonds is 10. The van der Waals surface area contributed by atoms with Crippen LogP contribution in [0.5, 0.6) is 17.2 Å². The molecule has 0 aliphatic heterocycles. The Morgan fingerprint density at radius 3 is 1.67 bits per heavy atom. The lowest BCUT2D eigenvalue weighted by Crippen LogP contribution is -2.15. The third kappa shape index (κ3) is 5.02. The van der Waals surface area contributed by atoms with Crippen molar-refractivity contribution in [1.29, 1.82) is 0 Å². The van der Waals surface area contributed by atoms with E-state index in [1.807, 2.05) is 49.4 Å². The second-order valence-electron chi connectivity index (χ2n) is 7.83. The summed E-state index contributed by atoms with van der Waals surface area (Å²) in [6.45, 7) is 1.66. The molecule has 3 aromatic carbocycles. The number of carbonyl (C=O) groups is 1. The highest BCUT2D eigenvalue weighted by Crippen LogP contribution is 2.41. The Labute approximate surface area is 194 Å². The van der Waals surface area contributed by atoms with Crippen LogP contribution in [0, 0.1) is 6.92 Å². The molecule has 0 aromatic heterocycles. The van der Waals surface area contributed by atoms with E-state index in [1.54, 1.807) is 26.4 Å². The molecule has 2 atom stereocenters. The van der Waals surface area contributed by atoms with Crippen molar-refractivity contribution in [1.82, 2.24) is 0 Å². The quantitative estimate of drug-likeness (QED) is 0.452. The molecule has 0 aliphatic carbocycles. The van der Waals surface area contributed by atoms with Crippen LogP contribution in [0.3, 0.4) is 0 Å². The first-order valence-electron chi connectivity index (χ1n) is 10.7. The summed E-state index contributed by atoms with van der Waals surface area (Å²) in [5, 5.41) is 19.2. The summed E-state index contributed by atoms with van der Waals surface area (Å²) >= 11 is 0. The number of aliphatic hydroxyl groups excluding tert-OH is 2. The zero-order valence-corrected chi connectivity index (χ0v) is 19.4. The molecule has 3 rings (SSSR count). The van der Waals surface area contributed by atoms with Gasteiger partial charge in [0.2, 0.25) is 0 Å². The summed E-state index contributed by atoms with van der Waals surface area (Å²) in [7, 11) is 4.71. The molecule has 174 valence electrons. The average Bonchev–Trinajstić information content (AvgIpc) is 2.86. The summed E-state index contributed by atoms with van der Waals surface area (Å²) in [6.07, 6.45) is 0.927. The van der Waals surface area contributed by atoms with Crippen molar-refractivity contribution in [3.8, 4) is 17.2 Å². The molecule has 2 N–H and O–H groups in total. The van der Waals surface area contributed by atoms with E-state index in [4.69, 9.17) is 14.2 Å². The summed E-state index contributed by atoms with van der Waals surface area (Å²) in [5.74, 6) is 0.897. The van der Waals surface area contributed by atoms with Crippen LogP contribution < -0.4 is 14.2 Å². The maximum Gasteiger partial charge on any atom is 0.128 e. The van der Waals surface area contributed by atoms with Crippen LogP contribution in [-0.2, 0) is 18.0 Å². The van der Waals surface area contributed by atoms with Gasteiger partial charge in [-0.3, -0.25) is 0 Å². The zero-order chi connectivity index (χ0) is 24.0. The lowest BCUT2D eigenvalue weighted by atomic mass is 9.77. The standard InChI is InChI=1S/C27H30O6/c1-17-5-6-19(12-24(17)31-2)27(20-8-10-22(15-29)26(13-20)33-4)23(16-30)18-7-9-21(14-28)25(11-18)32-3/h5-13,16,23,27-29H,14-15H2,1-4H3. The van der Waals surface area contributed by atoms with Gasteiger partial charge in [0.1, 0.15) is 23.5 Å². The highest BCUT2D eigenvalue weighted by atomic mass is 16.5.